The molecule has 0 spiro atoms. The van der Waals surface area contributed by atoms with Gasteiger partial charge in [-0.1, -0.05) is 36.4 Å². The van der Waals surface area contributed by atoms with E-state index in [-0.39, 0.29) is 0 Å². The third kappa shape index (κ3) is 5.49. The van der Waals surface area contributed by atoms with Crippen LogP contribution in [0, 0.1) is 0 Å². The summed E-state index contributed by atoms with van der Waals surface area (Å²) in [5.41, 5.74) is 3.02. The van der Waals surface area contributed by atoms with Crippen LogP contribution in [0.15, 0.2) is 85.2 Å². The Morgan fingerprint density at radius 3 is 1.66 bits per heavy atom. The Balaban J connectivity index is 1.52. The summed E-state index contributed by atoms with van der Waals surface area (Å²) in [6.45, 7) is 0.698. The highest BCUT2D eigenvalue weighted by Crippen LogP contribution is 2.18. The molecular formula is C22H21N7. The van der Waals surface area contributed by atoms with Crippen molar-refractivity contribution < 1.29 is 0 Å². The fourth-order valence-corrected chi connectivity index (χ4v) is 2.74. The van der Waals surface area contributed by atoms with E-state index < -0.39 is 0 Å². The van der Waals surface area contributed by atoms with E-state index in [2.05, 4.69) is 35.9 Å². The molecule has 144 valence electrons. The molecule has 0 aliphatic rings. The van der Waals surface area contributed by atoms with Crippen LogP contribution >= 0.6 is 0 Å². The molecule has 7 heteroatoms. The van der Waals surface area contributed by atoms with E-state index in [1.54, 1.807) is 12.4 Å². The van der Waals surface area contributed by atoms with Gasteiger partial charge in [-0.25, -0.2) is 0 Å². The predicted molar refractivity (Wildman–Crippen MR) is 116 cm³/mol. The number of aromatic nitrogens is 4. The first-order valence-corrected chi connectivity index (χ1v) is 9.38. The lowest BCUT2D eigenvalue weighted by molar-refractivity contribution is 0.965. The lowest BCUT2D eigenvalue weighted by Gasteiger charge is -2.11. The second-order valence-corrected chi connectivity index (χ2v) is 6.32. The number of nitrogens with one attached hydrogen (secondary N) is 3. The molecule has 29 heavy (non-hydrogen) atoms. The van der Waals surface area contributed by atoms with Gasteiger partial charge in [-0.05, 0) is 48.4 Å². The molecule has 0 fully saturated rings. The number of nitrogens with zero attached hydrogens (tertiary/aromatic N) is 4. The highest BCUT2D eigenvalue weighted by atomic mass is 15.3. The number of para-hydroxylation sites is 2. The van der Waals surface area contributed by atoms with Crippen LogP contribution in [0.3, 0.4) is 0 Å². The Hall–Kier alpha value is -4.00. The molecule has 0 amide bonds. The summed E-state index contributed by atoms with van der Waals surface area (Å²) in [5, 5.41) is 9.74. The lowest BCUT2D eigenvalue weighted by atomic mass is 10.2. The number of hydrogen-bond acceptors (Lipinski definition) is 7. The molecule has 0 saturated carbocycles. The molecule has 0 bridgehead atoms. The zero-order valence-electron chi connectivity index (χ0n) is 15.8. The summed E-state index contributed by atoms with van der Waals surface area (Å²) in [6.07, 6.45) is 4.43. The minimum atomic E-state index is 0.469. The molecular weight excluding hydrogens is 362 g/mol. The van der Waals surface area contributed by atoms with Crippen LogP contribution in [0.1, 0.15) is 5.56 Å². The average Bonchev–Trinajstić information content (AvgIpc) is 2.76. The van der Waals surface area contributed by atoms with Crippen LogP contribution in [0.2, 0.25) is 0 Å². The predicted octanol–water partition coefficient (Wildman–Crippen LogP) is 4.41. The molecule has 3 N–H and O–H groups in total. The molecule has 2 aromatic carbocycles. The van der Waals surface area contributed by atoms with Crippen molar-refractivity contribution in [3.63, 3.8) is 0 Å². The Bertz CT molecular complexity index is 965. The van der Waals surface area contributed by atoms with Gasteiger partial charge in [0.25, 0.3) is 0 Å². The third-order valence-electron chi connectivity index (χ3n) is 4.14. The fraction of sp³-hybridized carbons (Fsp3) is 0.0909. The molecule has 0 radical (unpaired) electrons. The smallest absolute Gasteiger partial charge is 0.233 e. The van der Waals surface area contributed by atoms with E-state index in [1.807, 2.05) is 72.8 Å². The van der Waals surface area contributed by atoms with Crippen molar-refractivity contribution in [3.8, 4) is 0 Å². The van der Waals surface area contributed by atoms with E-state index in [0.717, 1.165) is 17.8 Å². The largest absolute Gasteiger partial charge is 0.354 e. The zero-order valence-corrected chi connectivity index (χ0v) is 15.8. The average molecular weight is 383 g/mol. The van der Waals surface area contributed by atoms with Gasteiger partial charge < -0.3 is 16.0 Å². The number of pyridine rings is 1. The maximum absolute atomic E-state index is 4.50. The first-order chi connectivity index (χ1) is 14.3. The van der Waals surface area contributed by atoms with Gasteiger partial charge in [0.2, 0.25) is 17.8 Å². The van der Waals surface area contributed by atoms with Gasteiger partial charge in [0.05, 0.1) is 0 Å². The highest BCUT2D eigenvalue weighted by Gasteiger charge is 2.07. The molecule has 0 atom stereocenters. The van der Waals surface area contributed by atoms with Gasteiger partial charge in [-0.2, -0.15) is 15.0 Å². The van der Waals surface area contributed by atoms with Crippen molar-refractivity contribution in [3.05, 3.63) is 90.8 Å². The van der Waals surface area contributed by atoms with E-state index in [9.17, 15) is 0 Å². The van der Waals surface area contributed by atoms with Crippen molar-refractivity contribution in [2.75, 3.05) is 22.5 Å². The van der Waals surface area contributed by atoms with Gasteiger partial charge in [0.1, 0.15) is 0 Å². The van der Waals surface area contributed by atoms with Crippen LogP contribution in [0.5, 0.6) is 0 Å². The molecule has 4 aromatic rings. The molecule has 2 heterocycles. The van der Waals surface area contributed by atoms with Gasteiger partial charge in [-0.15, -0.1) is 0 Å². The van der Waals surface area contributed by atoms with Crippen LogP contribution in [-0.2, 0) is 6.42 Å². The Morgan fingerprint density at radius 1 is 0.586 bits per heavy atom. The zero-order chi connectivity index (χ0) is 19.7. The summed E-state index contributed by atoms with van der Waals surface area (Å²) >= 11 is 0. The van der Waals surface area contributed by atoms with Crippen LogP contribution in [0.4, 0.5) is 29.2 Å². The second-order valence-electron chi connectivity index (χ2n) is 6.32. The standard InChI is InChI=1S/C22H21N7/c1-3-7-18(8-4-1)25-21-27-20(24-16-13-17-11-14-23-15-12-17)28-22(29-21)26-19-9-5-2-6-10-19/h1-12,14-15H,13,16H2,(H3,24,25,26,27,28,29). The normalized spacial score (nSPS) is 10.3. The van der Waals surface area contributed by atoms with Gasteiger partial charge >= 0.3 is 0 Å². The summed E-state index contributed by atoms with van der Waals surface area (Å²) < 4.78 is 0. The first kappa shape index (κ1) is 18.4. The van der Waals surface area contributed by atoms with Crippen molar-refractivity contribution >= 4 is 29.2 Å². The van der Waals surface area contributed by atoms with Gasteiger partial charge in [-0.3, -0.25) is 4.98 Å². The number of benzene rings is 2. The van der Waals surface area contributed by atoms with Gasteiger partial charge in [0.15, 0.2) is 0 Å². The number of anilines is 5. The quantitative estimate of drug-likeness (QED) is 0.415. The Kier molecular flexibility index (Phi) is 5.87. The van der Waals surface area contributed by atoms with Crippen LogP contribution in [-0.4, -0.2) is 26.5 Å². The maximum Gasteiger partial charge on any atom is 0.233 e. The number of hydrogen-bond donors (Lipinski definition) is 3. The van der Waals surface area contributed by atoms with Gasteiger partial charge in [0, 0.05) is 30.3 Å². The summed E-state index contributed by atoms with van der Waals surface area (Å²) in [5.74, 6) is 1.44. The molecule has 0 aliphatic carbocycles. The Morgan fingerprint density at radius 2 is 1.10 bits per heavy atom. The molecule has 0 unspecified atom stereocenters. The van der Waals surface area contributed by atoms with Crippen molar-refractivity contribution in [2.24, 2.45) is 0 Å². The summed E-state index contributed by atoms with van der Waals surface area (Å²) in [4.78, 5) is 17.6. The second kappa shape index (κ2) is 9.27. The minimum absolute atomic E-state index is 0.469. The van der Waals surface area contributed by atoms with E-state index in [0.29, 0.717) is 24.4 Å². The van der Waals surface area contributed by atoms with E-state index in [4.69, 9.17) is 0 Å². The van der Waals surface area contributed by atoms with Crippen LogP contribution in [0.25, 0.3) is 0 Å². The minimum Gasteiger partial charge on any atom is -0.354 e. The van der Waals surface area contributed by atoms with Crippen molar-refractivity contribution in [2.45, 2.75) is 6.42 Å². The van der Waals surface area contributed by atoms with Crippen LogP contribution < -0.4 is 16.0 Å². The molecule has 7 nitrogen and oxygen atoms in total. The highest BCUT2D eigenvalue weighted by molar-refractivity contribution is 5.58. The molecule has 2 aromatic heterocycles. The molecule has 0 aliphatic heterocycles. The summed E-state index contributed by atoms with van der Waals surface area (Å²) in [6, 6.07) is 23.6. The topological polar surface area (TPSA) is 87.7 Å². The lowest BCUT2D eigenvalue weighted by Crippen LogP contribution is -2.11. The number of rotatable bonds is 8. The maximum atomic E-state index is 4.50. The van der Waals surface area contributed by atoms with E-state index in [1.165, 1.54) is 5.56 Å². The van der Waals surface area contributed by atoms with E-state index >= 15 is 0 Å². The summed E-state index contributed by atoms with van der Waals surface area (Å²) in [7, 11) is 0. The molecule has 4 rings (SSSR count). The third-order valence-corrected chi connectivity index (χ3v) is 4.14. The SMILES string of the molecule is c1ccc(Nc2nc(NCCc3ccncc3)nc(Nc3ccccc3)n2)cc1. The van der Waals surface area contributed by atoms with Crippen molar-refractivity contribution in [1.82, 2.24) is 19.9 Å². The molecule has 0 saturated heterocycles. The monoisotopic (exact) mass is 383 g/mol. The fourth-order valence-electron chi connectivity index (χ4n) is 2.74. The van der Waals surface area contributed by atoms with Crippen molar-refractivity contribution in [1.29, 1.82) is 0 Å². The first-order valence-electron chi connectivity index (χ1n) is 9.38. The Labute approximate surface area is 169 Å².